The second-order valence-corrected chi connectivity index (χ2v) is 10.5. The van der Waals surface area contributed by atoms with Crippen LogP contribution < -0.4 is 15.4 Å². The molecule has 0 aliphatic carbocycles. The number of hydrogen-bond donors (Lipinski definition) is 0. The van der Waals surface area contributed by atoms with Crippen molar-refractivity contribution in [3.63, 3.8) is 0 Å². The highest BCUT2D eigenvalue weighted by Gasteiger charge is 2.40. The fraction of sp³-hybridized carbons (Fsp3) is 0.464. The smallest absolute Gasteiger partial charge is 0.263 e. The monoisotopic (exact) mass is 473 g/mol. The topological polar surface area (TPSA) is 61.7 Å². The number of fused-ring (bicyclic) bond motifs is 2. The van der Waals surface area contributed by atoms with E-state index in [1.165, 1.54) is 5.69 Å². The van der Waals surface area contributed by atoms with E-state index in [0.29, 0.717) is 35.9 Å². The van der Waals surface area contributed by atoms with Crippen molar-refractivity contribution < 1.29 is 4.79 Å². The number of piperazine rings is 1. The van der Waals surface area contributed by atoms with Gasteiger partial charge in [-0.25, -0.2) is 4.98 Å². The average Bonchev–Trinajstić information content (AvgIpc) is 3.10. The highest BCUT2D eigenvalue weighted by Crippen LogP contribution is 2.33. The van der Waals surface area contributed by atoms with Gasteiger partial charge in [-0.15, -0.1) is 0 Å². The van der Waals surface area contributed by atoms with Gasteiger partial charge in [0.2, 0.25) is 5.95 Å². The van der Waals surface area contributed by atoms with Crippen LogP contribution >= 0.6 is 0 Å². The van der Waals surface area contributed by atoms with Gasteiger partial charge < -0.3 is 4.90 Å². The standard InChI is InChI=1S/C28H35N5O2/c1-19(2)17-25-27(35)32(28-29-24-8-6-5-7-23(24)26(34)33(25)28)18-21-9-11-22(12-10-21)31-15-13-30(14-16-31)20(3)4/h5-12,19-20,25H,13-18H2,1-4H3. The van der Waals surface area contributed by atoms with Crippen LogP contribution in [0.5, 0.6) is 0 Å². The molecule has 0 N–H and O–H groups in total. The molecule has 0 bridgehead atoms. The molecular weight excluding hydrogens is 438 g/mol. The number of carbonyl (C=O) groups is 1. The minimum absolute atomic E-state index is 0.0486. The summed E-state index contributed by atoms with van der Waals surface area (Å²) < 4.78 is 1.62. The Morgan fingerprint density at radius 3 is 2.26 bits per heavy atom. The van der Waals surface area contributed by atoms with E-state index in [9.17, 15) is 9.59 Å². The van der Waals surface area contributed by atoms with Gasteiger partial charge in [-0.3, -0.25) is 24.0 Å². The number of para-hydroxylation sites is 1. The Morgan fingerprint density at radius 1 is 0.914 bits per heavy atom. The second-order valence-electron chi connectivity index (χ2n) is 10.5. The van der Waals surface area contributed by atoms with Crippen LogP contribution in [0.2, 0.25) is 0 Å². The molecule has 7 heteroatoms. The summed E-state index contributed by atoms with van der Waals surface area (Å²) in [4.78, 5) is 38.3. The molecule has 2 aliphatic rings. The van der Waals surface area contributed by atoms with Crippen LogP contribution in [-0.4, -0.2) is 52.6 Å². The predicted octanol–water partition coefficient (Wildman–Crippen LogP) is 4.06. The first-order chi connectivity index (χ1) is 16.8. The molecule has 0 spiro atoms. The lowest BCUT2D eigenvalue weighted by atomic mass is 10.0. The molecule has 5 rings (SSSR count). The number of hydrogen-bond acceptors (Lipinski definition) is 5. The maximum atomic E-state index is 13.5. The van der Waals surface area contributed by atoms with Crippen molar-refractivity contribution in [1.29, 1.82) is 0 Å². The third kappa shape index (κ3) is 4.45. The zero-order valence-electron chi connectivity index (χ0n) is 21.1. The molecule has 7 nitrogen and oxygen atoms in total. The molecule has 3 aromatic rings. The van der Waals surface area contributed by atoms with Crippen molar-refractivity contribution in [3.05, 3.63) is 64.4 Å². The Hall–Kier alpha value is -3.19. The number of aromatic nitrogens is 2. The molecule has 2 aliphatic heterocycles. The van der Waals surface area contributed by atoms with Crippen molar-refractivity contribution in [1.82, 2.24) is 14.5 Å². The summed E-state index contributed by atoms with van der Waals surface area (Å²) in [6.45, 7) is 13.2. The van der Waals surface area contributed by atoms with E-state index in [1.807, 2.05) is 18.2 Å². The molecule has 1 saturated heterocycles. The third-order valence-electron chi connectivity index (χ3n) is 7.27. The first-order valence-electron chi connectivity index (χ1n) is 12.7. The predicted molar refractivity (Wildman–Crippen MR) is 141 cm³/mol. The Labute approximate surface area is 207 Å². The van der Waals surface area contributed by atoms with Gasteiger partial charge in [-0.05, 0) is 56.0 Å². The third-order valence-corrected chi connectivity index (χ3v) is 7.27. The zero-order chi connectivity index (χ0) is 24.7. The van der Waals surface area contributed by atoms with E-state index < -0.39 is 6.04 Å². The molecular formula is C28H35N5O2. The summed E-state index contributed by atoms with van der Waals surface area (Å²) in [5, 5.41) is 0.557. The minimum atomic E-state index is -0.508. The van der Waals surface area contributed by atoms with Crippen LogP contribution in [0.3, 0.4) is 0 Å². The van der Waals surface area contributed by atoms with E-state index in [2.05, 4.69) is 61.8 Å². The fourth-order valence-corrected chi connectivity index (χ4v) is 5.29. The van der Waals surface area contributed by atoms with Crippen LogP contribution in [0.4, 0.5) is 11.6 Å². The minimum Gasteiger partial charge on any atom is -0.369 e. The van der Waals surface area contributed by atoms with Crippen LogP contribution in [0.15, 0.2) is 53.3 Å². The molecule has 2 aromatic carbocycles. The summed E-state index contributed by atoms with van der Waals surface area (Å²) in [6, 6.07) is 15.9. The number of rotatable bonds is 6. The highest BCUT2D eigenvalue weighted by molar-refractivity contribution is 5.99. The lowest BCUT2D eigenvalue weighted by Crippen LogP contribution is -2.48. The average molecular weight is 474 g/mol. The number of benzene rings is 2. The van der Waals surface area contributed by atoms with E-state index in [4.69, 9.17) is 4.98 Å². The number of carbonyl (C=O) groups excluding carboxylic acids is 1. The van der Waals surface area contributed by atoms with Gasteiger partial charge in [0.05, 0.1) is 17.4 Å². The van der Waals surface area contributed by atoms with Gasteiger partial charge in [0.25, 0.3) is 11.5 Å². The molecule has 3 heterocycles. The van der Waals surface area contributed by atoms with Gasteiger partial charge in [0, 0.05) is 37.9 Å². The molecule has 35 heavy (non-hydrogen) atoms. The molecule has 1 amide bonds. The maximum Gasteiger partial charge on any atom is 0.263 e. The van der Waals surface area contributed by atoms with Gasteiger partial charge in [0.15, 0.2) is 0 Å². The van der Waals surface area contributed by atoms with Gasteiger partial charge in [0.1, 0.15) is 6.04 Å². The molecule has 0 radical (unpaired) electrons. The van der Waals surface area contributed by atoms with Crippen LogP contribution in [0.25, 0.3) is 10.9 Å². The lowest BCUT2D eigenvalue weighted by molar-refractivity contribution is -0.120. The van der Waals surface area contributed by atoms with E-state index >= 15 is 0 Å². The van der Waals surface area contributed by atoms with Gasteiger partial charge in [-0.1, -0.05) is 38.1 Å². The summed E-state index contributed by atoms with van der Waals surface area (Å²) in [7, 11) is 0. The van der Waals surface area contributed by atoms with Gasteiger partial charge >= 0.3 is 0 Å². The second kappa shape index (κ2) is 9.46. The molecule has 1 unspecified atom stereocenters. The quantitative estimate of drug-likeness (QED) is 0.540. The Kier molecular flexibility index (Phi) is 6.36. The van der Waals surface area contributed by atoms with Crippen molar-refractivity contribution in [2.45, 2.75) is 52.7 Å². The summed E-state index contributed by atoms with van der Waals surface area (Å²) >= 11 is 0. The largest absolute Gasteiger partial charge is 0.369 e. The zero-order valence-corrected chi connectivity index (χ0v) is 21.1. The Bertz CT molecular complexity index is 1270. The summed E-state index contributed by atoms with van der Waals surface area (Å²) in [5.41, 5.74) is 2.73. The summed E-state index contributed by atoms with van der Waals surface area (Å²) in [5.74, 6) is 0.691. The molecule has 0 saturated carbocycles. The van der Waals surface area contributed by atoms with E-state index in [-0.39, 0.29) is 17.4 Å². The first-order valence-corrected chi connectivity index (χ1v) is 12.7. The van der Waals surface area contributed by atoms with Crippen LogP contribution in [0, 0.1) is 5.92 Å². The summed E-state index contributed by atoms with van der Waals surface area (Å²) in [6.07, 6.45) is 0.615. The van der Waals surface area contributed by atoms with Crippen molar-refractivity contribution >= 4 is 28.4 Å². The Morgan fingerprint density at radius 2 is 1.60 bits per heavy atom. The van der Waals surface area contributed by atoms with Gasteiger partial charge in [-0.2, -0.15) is 0 Å². The lowest BCUT2D eigenvalue weighted by Gasteiger charge is -2.38. The Balaban J connectivity index is 1.41. The number of nitrogens with zero attached hydrogens (tertiary/aromatic N) is 5. The van der Waals surface area contributed by atoms with Crippen molar-refractivity contribution in [2.75, 3.05) is 36.0 Å². The van der Waals surface area contributed by atoms with Crippen molar-refractivity contribution in [2.24, 2.45) is 5.92 Å². The maximum absolute atomic E-state index is 13.5. The molecule has 1 aromatic heterocycles. The van der Waals surface area contributed by atoms with Crippen LogP contribution in [0.1, 0.15) is 45.7 Å². The molecule has 184 valence electrons. The SMILES string of the molecule is CC(C)CC1C(=O)N(Cc2ccc(N3CCN(C(C)C)CC3)cc2)c2nc3ccccc3c(=O)n21. The van der Waals surface area contributed by atoms with E-state index in [1.54, 1.807) is 15.5 Å². The highest BCUT2D eigenvalue weighted by atomic mass is 16.2. The molecule has 1 atom stereocenters. The fourth-order valence-electron chi connectivity index (χ4n) is 5.29. The molecule has 1 fully saturated rings. The normalized spacial score (nSPS) is 18.8. The number of anilines is 2. The van der Waals surface area contributed by atoms with Crippen LogP contribution in [-0.2, 0) is 11.3 Å². The first kappa shape index (κ1) is 23.5. The number of amides is 1. The van der Waals surface area contributed by atoms with E-state index in [0.717, 1.165) is 31.7 Å². The van der Waals surface area contributed by atoms with Crippen molar-refractivity contribution in [3.8, 4) is 0 Å².